The fourth-order valence-electron chi connectivity index (χ4n) is 12.3. The zero-order chi connectivity index (χ0) is 49.3. The van der Waals surface area contributed by atoms with Crippen molar-refractivity contribution in [3.63, 3.8) is 0 Å². The van der Waals surface area contributed by atoms with Gasteiger partial charge in [0.15, 0.2) is 0 Å². The molecule has 0 N–H and O–H groups in total. The Labute approximate surface area is 429 Å². The van der Waals surface area contributed by atoms with Crippen LogP contribution in [-0.2, 0) is 0 Å². The maximum Gasteiger partial charge on any atom is 0.143 e. The van der Waals surface area contributed by atoms with Gasteiger partial charge in [0.25, 0.3) is 0 Å². The van der Waals surface area contributed by atoms with Crippen molar-refractivity contribution in [1.82, 2.24) is 0 Å². The molecule has 0 aliphatic rings. The van der Waals surface area contributed by atoms with E-state index >= 15 is 0 Å². The lowest BCUT2D eigenvalue weighted by molar-refractivity contribution is 0.578. The largest absolute Gasteiger partial charge is 0.456 e. The molecule has 0 bridgehead atoms. The summed E-state index contributed by atoms with van der Waals surface area (Å²) in [7, 11) is 0. The Bertz CT molecular complexity index is 4610. The molecule has 13 aromatic carbocycles. The predicted octanol–water partition coefficient (Wildman–Crippen LogP) is 18.9. The van der Waals surface area contributed by atoms with E-state index < -0.39 is 0 Å². The molecule has 0 aliphatic heterocycles. The van der Waals surface area contributed by atoms with Crippen LogP contribution in [0.2, 0.25) is 0 Å². The van der Waals surface area contributed by atoms with Crippen LogP contribution in [0, 0.1) is 0 Å². The molecule has 0 amide bonds. The van der Waals surface area contributed by atoms with Gasteiger partial charge in [0.1, 0.15) is 11.0 Å². The van der Waals surface area contributed by atoms with Gasteiger partial charge in [-0.1, -0.05) is 267 Å². The molecular weight excluding hydrogens is 893 g/mol. The number of allylic oxidation sites excluding steroid dienone is 2. The number of furan rings is 1. The van der Waals surface area contributed by atoms with Crippen molar-refractivity contribution >= 4 is 87.8 Å². The quantitative estimate of drug-likeness (QED) is 0.145. The Morgan fingerprint density at radius 3 is 1.05 bits per heavy atom. The molecule has 1 heterocycles. The Hall–Kier alpha value is -9.56. The van der Waals surface area contributed by atoms with E-state index in [9.17, 15) is 0 Å². The van der Waals surface area contributed by atoms with Gasteiger partial charge in [-0.3, -0.25) is 0 Å². The Balaban J connectivity index is 1.03. The van der Waals surface area contributed by atoms with Gasteiger partial charge in [0.2, 0.25) is 0 Å². The minimum absolute atomic E-state index is 0.635. The van der Waals surface area contributed by atoms with Crippen LogP contribution < -0.4 is 10.6 Å². The monoisotopic (exact) mass is 940 g/mol. The summed E-state index contributed by atoms with van der Waals surface area (Å²) < 4.78 is 7.11. The third kappa shape index (κ3) is 6.71. The Morgan fingerprint density at radius 1 is 0.311 bits per heavy atom. The molecule has 0 spiro atoms. The lowest BCUT2D eigenvalue weighted by Gasteiger charge is -2.20. The second-order valence-electron chi connectivity index (χ2n) is 19.3. The zero-order valence-electron chi connectivity index (χ0n) is 40.9. The molecule has 0 fully saturated rings. The van der Waals surface area contributed by atoms with Crippen molar-refractivity contribution in [2.45, 2.75) is 6.92 Å². The maximum atomic E-state index is 7.11. The molecule has 0 radical (unpaired) electrons. The molecular formula is C73H48O. The molecule has 0 saturated carbocycles. The minimum Gasteiger partial charge on any atom is -0.456 e. The predicted molar refractivity (Wildman–Crippen MR) is 317 cm³/mol. The molecule has 346 valence electrons. The number of hydrogen-bond donors (Lipinski definition) is 0. The van der Waals surface area contributed by atoms with Crippen LogP contribution in [0.4, 0.5) is 0 Å². The first-order chi connectivity index (χ1) is 36.7. The fourth-order valence-corrected chi connectivity index (χ4v) is 12.3. The lowest BCUT2D eigenvalue weighted by atomic mass is 9.83. The van der Waals surface area contributed by atoms with Gasteiger partial charge in [-0.15, -0.1) is 0 Å². The third-order valence-electron chi connectivity index (χ3n) is 15.3. The first-order valence-corrected chi connectivity index (χ1v) is 25.6. The van der Waals surface area contributed by atoms with Crippen LogP contribution in [-0.4, -0.2) is 0 Å². The zero-order valence-corrected chi connectivity index (χ0v) is 40.9. The minimum atomic E-state index is 0.635. The average molecular weight is 941 g/mol. The Morgan fingerprint density at radius 2 is 0.635 bits per heavy atom. The van der Waals surface area contributed by atoms with Gasteiger partial charge in [-0.2, -0.15) is 0 Å². The number of rotatable bonds is 7. The Kier molecular flexibility index (Phi) is 10.3. The van der Waals surface area contributed by atoms with Crippen molar-refractivity contribution < 1.29 is 4.42 Å². The highest BCUT2D eigenvalue weighted by Crippen LogP contribution is 2.49. The van der Waals surface area contributed by atoms with Crippen LogP contribution in [0.15, 0.2) is 265 Å². The van der Waals surface area contributed by atoms with Crippen molar-refractivity contribution in [3.8, 4) is 55.6 Å². The summed E-state index contributed by atoms with van der Waals surface area (Å²) in [6.45, 7) is 6.83. The summed E-state index contributed by atoms with van der Waals surface area (Å²) in [6.07, 6.45) is 4.41. The maximum absolute atomic E-state index is 7.11. The summed E-state index contributed by atoms with van der Waals surface area (Å²) in [6, 6.07) is 90.8. The smallest absolute Gasteiger partial charge is 0.143 e. The number of para-hydroxylation sites is 1. The molecule has 14 rings (SSSR count). The normalized spacial score (nSPS) is 12.3. The van der Waals surface area contributed by atoms with Crippen molar-refractivity contribution in [2.75, 3.05) is 0 Å². The summed E-state index contributed by atoms with van der Waals surface area (Å²) in [5.41, 5.74) is 15.6. The van der Waals surface area contributed by atoms with E-state index in [-0.39, 0.29) is 0 Å². The van der Waals surface area contributed by atoms with E-state index in [0.717, 1.165) is 38.5 Å². The first kappa shape index (κ1) is 43.2. The van der Waals surface area contributed by atoms with Crippen LogP contribution in [0.25, 0.3) is 143 Å². The van der Waals surface area contributed by atoms with Gasteiger partial charge in [0, 0.05) is 21.7 Å². The van der Waals surface area contributed by atoms with Gasteiger partial charge in [0.05, 0.1) is 0 Å². The van der Waals surface area contributed by atoms with Crippen molar-refractivity contribution in [1.29, 1.82) is 0 Å². The van der Waals surface area contributed by atoms with Crippen LogP contribution >= 0.6 is 0 Å². The molecule has 0 unspecified atom stereocenters. The van der Waals surface area contributed by atoms with Crippen LogP contribution in [0.1, 0.15) is 12.5 Å². The van der Waals surface area contributed by atoms with Crippen LogP contribution in [0.3, 0.4) is 0 Å². The van der Waals surface area contributed by atoms with Crippen molar-refractivity contribution in [2.24, 2.45) is 0 Å². The van der Waals surface area contributed by atoms with E-state index in [1.54, 1.807) is 0 Å². The fraction of sp³-hybridized carbons (Fsp3) is 0.0137. The molecule has 0 saturated heterocycles. The standard InChI is InChI=1S/C73H48O/c1-3-23-65(71-59-36-18-14-32-55(59)69(56-33-15-19-37-60(56)71)63-44-42-49(47-24-6-4-7-25-47)51-28-10-12-30-53(51)63)68-46(2)74-73-66(68)40-22-41-67(73)72-61-38-20-16-34-57(61)70(58-35-17-21-39-62(58)72)64-45-43-50(48-26-8-5-9-27-48)52-29-11-13-31-54(52)64/h3-45H,2H2,1H3/b23-3-,68-65-. The number of benzene rings is 13. The number of fused-ring (bicyclic) bond motifs is 7. The molecule has 14 aromatic rings. The van der Waals surface area contributed by atoms with Gasteiger partial charge >= 0.3 is 0 Å². The van der Waals surface area contributed by atoms with E-state index in [0.29, 0.717) is 5.42 Å². The van der Waals surface area contributed by atoms with E-state index in [1.165, 1.54) is 109 Å². The highest BCUT2D eigenvalue weighted by atomic mass is 16.3. The topological polar surface area (TPSA) is 13.1 Å². The molecule has 0 aliphatic carbocycles. The van der Waals surface area contributed by atoms with Gasteiger partial charge < -0.3 is 4.42 Å². The van der Waals surface area contributed by atoms with E-state index in [1.807, 2.05) is 0 Å². The second-order valence-corrected chi connectivity index (χ2v) is 19.3. The average Bonchev–Trinajstić information content (AvgIpc) is 3.81. The summed E-state index contributed by atoms with van der Waals surface area (Å²) in [5.74, 6) is 0. The van der Waals surface area contributed by atoms with Crippen molar-refractivity contribution in [3.05, 3.63) is 277 Å². The molecule has 1 aromatic heterocycles. The molecule has 74 heavy (non-hydrogen) atoms. The first-order valence-electron chi connectivity index (χ1n) is 25.6. The summed E-state index contributed by atoms with van der Waals surface area (Å²) in [4.78, 5) is 0. The number of hydrogen-bond acceptors (Lipinski definition) is 1. The SMILES string of the molecule is C=c1oc2c(-c3c4ccccc4c(-c4ccc(-c5ccccc5)c5ccccc45)c4ccccc34)cccc2/c1=C(/C=C\C)c1c2ccccc2c(-c2ccc(-c3ccccc3)c3ccccc23)c2ccccc12. The highest BCUT2D eigenvalue weighted by molar-refractivity contribution is 6.26. The lowest BCUT2D eigenvalue weighted by Crippen LogP contribution is -2.22. The molecule has 1 nitrogen and oxygen atoms in total. The third-order valence-corrected chi connectivity index (χ3v) is 15.3. The molecule has 1 heteroatoms. The van der Waals surface area contributed by atoms with E-state index in [2.05, 4.69) is 268 Å². The molecule has 0 atom stereocenters. The van der Waals surface area contributed by atoms with Crippen LogP contribution in [0.5, 0.6) is 0 Å². The second kappa shape index (κ2) is 17.6. The summed E-state index contributed by atoms with van der Waals surface area (Å²) in [5, 5.41) is 16.4. The summed E-state index contributed by atoms with van der Waals surface area (Å²) >= 11 is 0. The highest BCUT2D eigenvalue weighted by Gasteiger charge is 2.24. The van der Waals surface area contributed by atoms with E-state index in [4.69, 9.17) is 11.0 Å². The van der Waals surface area contributed by atoms with Gasteiger partial charge in [-0.05, 0) is 127 Å². The van der Waals surface area contributed by atoms with Gasteiger partial charge in [-0.25, -0.2) is 0 Å².